The number of carbonyl (C=O) groups excluding carboxylic acids is 2. The van der Waals surface area contributed by atoms with Crippen molar-refractivity contribution in [2.75, 3.05) is 7.05 Å². The number of hydrogen-bond donors (Lipinski definition) is 2. The largest absolute Gasteiger partial charge is 0.366 e. The minimum Gasteiger partial charge on any atom is -0.366 e. The van der Waals surface area contributed by atoms with E-state index in [4.69, 9.17) is 5.73 Å². The predicted molar refractivity (Wildman–Crippen MR) is 69.3 cm³/mol. The first kappa shape index (κ1) is 12.8. The molecule has 0 unspecified atom stereocenters. The fraction of sp³-hybridized carbons (Fsp3) is 0.154. The average molecular weight is 258 g/mol. The lowest BCUT2D eigenvalue weighted by Gasteiger charge is -2.16. The van der Waals surface area contributed by atoms with Gasteiger partial charge in [0.15, 0.2) is 0 Å². The lowest BCUT2D eigenvalue weighted by molar-refractivity contribution is 0.0784. The molecule has 0 spiro atoms. The van der Waals surface area contributed by atoms with E-state index in [2.05, 4.69) is 10.2 Å². The Morgan fingerprint density at radius 3 is 2.42 bits per heavy atom. The molecule has 1 aromatic heterocycles. The molecule has 2 amide bonds. The molecule has 1 aromatic carbocycles. The smallest absolute Gasteiger partial charge is 0.253 e. The van der Waals surface area contributed by atoms with Crippen molar-refractivity contribution in [1.29, 1.82) is 0 Å². The van der Waals surface area contributed by atoms with Gasteiger partial charge in [-0.1, -0.05) is 0 Å². The van der Waals surface area contributed by atoms with Crippen LogP contribution in [-0.2, 0) is 6.54 Å². The molecule has 0 atom stereocenters. The zero-order valence-electron chi connectivity index (χ0n) is 10.5. The summed E-state index contributed by atoms with van der Waals surface area (Å²) in [7, 11) is 1.71. The number of nitrogens with zero attached hydrogens (tertiary/aromatic N) is 2. The van der Waals surface area contributed by atoms with E-state index in [1.54, 1.807) is 48.6 Å². The minimum absolute atomic E-state index is 0.128. The second kappa shape index (κ2) is 5.34. The Kier molecular flexibility index (Phi) is 3.61. The average Bonchev–Trinajstić information content (AvgIpc) is 2.90. The molecule has 98 valence electrons. The predicted octanol–water partition coefficient (Wildman–Crippen LogP) is 0.781. The Bertz CT molecular complexity index is 575. The molecule has 0 fully saturated rings. The van der Waals surface area contributed by atoms with Crippen LogP contribution in [0.15, 0.2) is 36.7 Å². The van der Waals surface area contributed by atoms with E-state index in [0.717, 1.165) is 5.56 Å². The van der Waals surface area contributed by atoms with Crippen LogP contribution >= 0.6 is 0 Å². The Morgan fingerprint density at radius 1 is 1.26 bits per heavy atom. The number of hydrogen-bond acceptors (Lipinski definition) is 3. The molecule has 2 rings (SSSR count). The highest BCUT2D eigenvalue weighted by atomic mass is 16.2. The molecule has 19 heavy (non-hydrogen) atoms. The van der Waals surface area contributed by atoms with Crippen LogP contribution in [0.25, 0.3) is 0 Å². The molecule has 0 saturated carbocycles. The summed E-state index contributed by atoms with van der Waals surface area (Å²) in [5, 5.41) is 6.52. The molecule has 0 bridgehead atoms. The second-order valence-corrected chi connectivity index (χ2v) is 4.21. The van der Waals surface area contributed by atoms with Gasteiger partial charge in [0.2, 0.25) is 5.91 Å². The standard InChI is InChI=1S/C13H14N4O2/c1-17(8-9-6-15-16-7-9)13(19)11-4-2-10(3-5-11)12(14)18/h2-7H,8H2,1H3,(H2,14,18)(H,15,16). The van der Waals surface area contributed by atoms with Crippen LogP contribution in [0.3, 0.4) is 0 Å². The molecule has 6 heteroatoms. The summed E-state index contributed by atoms with van der Waals surface area (Å²) in [4.78, 5) is 24.6. The summed E-state index contributed by atoms with van der Waals surface area (Å²) in [6, 6.07) is 6.27. The Balaban J connectivity index is 2.08. The monoisotopic (exact) mass is 258 g/mol. The third kappa shape index (κ3) is 2.98. The third-order valence-electron chi connectivity index (χ3n) is 2.74. The number of benzene rings is 1. The van der Waals surface area contributed by atoms with Crippen molar-refractivity contribution in [1.82, 2.24) is 15.1 Å². The van der Waals surface area contributed by atoms with Crippen molar-refractivity contribution in [3.05, 3.63) is 53.3 Å². The third-order valence-corrected chi connectivity index (χ3v) is 2.74. The first-order valence-corrected chi connectivity index (χ1v) is 5.71. The number of nitrogens with one attached hydrogen (secondary N) is 1. The van der Waals surface area contributed by atoms with Crippen molar-refractivity contribution < 1.29 is 9.59 Å². The molecule has 0 aliphatic heterocycles. The normalized spacial score (nSPS) is 10.2. The lowest BCUT2D eigenvalue weighted by Crippen LogP contribution is -2.26. The lowest BCUT2D eigenvalue weighted by atomic mass is 10.1. The van der Waals surface area contributed by atoms with Gasteiger partial charge in [0.25, 0.3) is 5.91 Å². The van der Waals surface area contributed by atoms with Gasteiger partial charge in [-0.25, -0.2) is 0 Å². The van der Waals surface area contributed by atoms with Crippen LogP contribution in [0, 0.1) is 0 Å². The maximum Gasteiger partial charge on any atom is 0.253 e. The van der Waals surface area contributed by atoms with Gasteiger partial charge in [0.1, 0.15) is 0 Å². The highest BCUT2D eigenvalue weighted by Crippen LogP contribution is 2.09. The fourth-order valence-corrected chi connectivity index (χ4v) is 1.71. The van der Waals surface area contributed by atoms with E-state index < -0.39 is 5.91 Å². The molecule has 3 N–H and O–H groups in total. The number of amides is 2. The number of aromatic amines is 1. The summed E-state index contributed by atoms with van der Waals surface area (Å²) >= 11 is 0. The van der Waals surface area contributed by atoms with E-state index in [9.17, 15) is 9.59 Å². The Labute approximate surface area is 110 Å². The maximum absolute atomic E-state index is 12.1. The van der Waals surface area contributed by atoms with E-state index >= 15 is 0 Å². The molecule has 0 saturated heterocycles. The number of primary amides is 1. The van der Waals surface area contributed by atoms with Gasteiger partial charge >= 0.3 is 0 Å². The fourth-order valence-electron chi connectivity index (χ4n) is 1.71. The first-order valence-electron chi connectivity index (χ1n) is 5.71. The SMILES string of the molecule is CN(Cc1cn[nH]c1)C(=O)c1ccc(C(N)=O)cc1. The highest BCUT2D eigenvalue weighted by molar-refractivity contribution is 5.97. The van der Waals surface area contributed by atoms with Crippen LogP contribution < -0.4 is 5.73 Å². The van der Waals surface area contributed by atoms with E-state index in [-0.39, 0.29) is 5.91 Å². The minimum atomic E-state index is -0.509. The number of rotatable bonds is 4. The topological polar surface area (TPSA) is 92.1 Å². The van der Waals surface area contributed by atoms with Crippen LogP contribution in [0.2, 0.25) is 0 Å². The number of nitrogens with two attached hydrogens (primary N) is 1. The molecule has 2 aromatic rings. The van der Waals surface area contributed by atoms with E-state index in [1.807, 2.05) is 0 Å². The zero-order valence-corrected chi connectivity index (χ0v) is 10.5. The molecule has 1 heterocycles. The van der Waals surface area contributed by atoms with Crippen molar-refractivity contribution in [3.8, 4) is 0 Å². The van der Waals surface area contributed by atoms with Gasteiger partial charge in [0, 0.05) is 36.5 Å². The van der Waals surface area contributed by atoms with Crippen LogP contribution in [-0.4, -0.2) is 34.0 Å². The molecule has 0 radical (unpaired) electrons. The zero-order chi connectivity index (χ0) is 13.8. The van der Waals surface area contributed by atoms with Gasteiger partial charge < -0.3 is 10.6 Å². The van der Waals surface area contributed by atoms with E-state index in [0.29, 0.717) is 17.7 Å². The number of carbonyl (C=O) groups is 2. The molecular weight excluding hydrogens is 244 g/mol. The quantitative estimate of drug-likeness (QED) is 0.848. The van der Waals surface area contributed by atoms with Crippen LogP contribution in [0.1, 0.15) is 26.3 Å². The summed E-state index contributed by atoms with van der Waals surface area (Å²) in [5.41, 5.74) is 6.96. The van der Waals surface area contributed by atoms with Gasteiger partial charge in [-0.3, -0.25) is 14.7 Å². The van der Waals surface area contributed by atoms with E-state index in [1.165, 1.54) is 0 Å². The van der Waals surface area contributed by atoms with Crippen molar-refractivity contribution >= 4 is 11.8 Å². The summed E-state index contributed by atoms with van der Waals surface area (Å²) in [5.74, 6) is -0.636. The summed E-state index contributed by atoms with van der Waals surface area (Å²) in [6.07, 6.45) is 3.40. The van der Waals surface area contributed by atoms with Crippen LogP contribution in [0.5, 0.6) is 0 Å². The van der Waals surface area contributed by atoms with Crippen molar-refractivity contribution in [2.45, 2.75) is 6.54 Å². The first-order chi connectivity index (χ1) is 9.08. The molecule has 6 nitrogen and oxygen atoms in total. The molecule has 0 aliphatic carbocycles. The van der Waals surface area contributed by atoms with Gasteiger partial charge in [-0.05, 0) is 24.3 Å². The van der Waals surface area contributed by atoms with Gasteiger partial charge in [0.05, 0.1) is 6.20 Å². The molecular formula is C13H14N4O2. The highest BCUT2D eigenvalue weighted by Gasteiger charge is 2.12. The maximum atomic E-state index is 12.1. The summed E-state index contributed by atoms with van der Waals surface area (Å²) < 4.78 is 0. The Hall–Kier alpha value is -2.63. The van der Waals surface area contributed by atoms with Gasteiger partial charge in [-0.15, -0.1) is 0 Å². The van der Waals surface area contributed by atoms with Gasteiger partial charge in [-0.2, -0.15) is 5.10 Å². The summed E-state index contributed by atoms with van der Waals surface area (Å²) in [6.45, 7) is 0.465. The molecule has 0 aliphatic rings. The second-order valence-electron chi connectivity index (χ2n) is 4.21. The van der Waals surface area contributed by atoms with Crippen molar-refractivity contribution in [3.63, 3.8) is 0 Å². The number of aromatic nitrogens is 2. The van der Waals surface area contributed by atoms with Crippen LogP contribution in [0.4, 0.5) is 0 Å². The Morgan fingerprint density at radius 2 is 1.89 bits per heavy atom. The van der Waals surface area contributed by atoms with Crippen molar-refractivity contribution in [2.24, 2.45) is 5.73 Å². The number of H-pyrrole nitrogens is 1.